The predicted molar refractivity (Wildman–Crippen MR) is 118 cm³/mol. The van der Waals surface area contributed by atoms with Crippen molar-refractivity contribution in [2.24, 2.45) is 0 Å². The summed E-state index contributed by atoms with van der Waals surface area (Å²) in [6.45, 7) is 2.61. The van der Waals surface area contributed by atoms with Gasteiger partial charge in [-0.25, -0.2) is 22.8 Å². The van der Waals surface area contributed by atoms with E-state index in [0.717, 1.165) is 0 Å². The van der Waals surface area contributed by atoms with Gasteiger partial charge in [-0.2, -0.15) is 0 Å². The zero-order valence-corrected chi connectivity index (χ0v) is 18.2. The first-order valence-electron chi connectivity index (χ1n) is 10.1. The van der Waals surface area contributed by atoms with E-state index in [4.69, 9.17) is 9.47 Å². The summed E-state index contributed by atoms with van der Waals surface area (Å²) in [7, 11) is -1.82. The Balaban J connectivity index is 1.30. The second-order valence-corrected chi connectivity index (χ2v) is 9.51. The van der Waals surface area contributed by atoms with Gasteiger partial charge in [-0.1, -0.05) is 12.1 Å². The van der Waals surface area contributed by atoms with Gasteiger partial charge in [-0.15, -0.1) is 0 Å². The number of rotatable bonds is 4. The molecule has 166 valence electrons. The first kappa shape index (κ1) is 20.5. The Kier molecular flexibility index (Phi) is 5.09. The van der Waals surface area contributed by atoms with Crippen molar-refractivity contribution in [2.75, 3.05) is 49.0 Å². The maximum absolute atomic E-state index is 15.0. The molecule has 1 aromatic heterocycles. The van der Waals surface area contributed by atoms with Crippen LogP contribution in [-0.2, 0) is 9.84 Å². The molecule has 10 heteroatoms. The van der Waals surface area contributed by atoms with Crippen LogP contribution in [0.2, 0.25) is 0 Å². The molecule has 2 aromatic carbocycles. The van der Waals surface area contributed by atoms with Crippen LogP contribution in [0.25, 0.3) is 11.1 Å². The summed E-state index contributed by atoms with van der Waals surface area (Å²) in [5, 5.41) is 0. The van der Waals surface area contributed by atoms with E-state index in [-0.39, 0.29) is 16.7 Å². The Hall–Kier alpha value is -3.40. The van der Waals surface area contributed by atoms with E-state index < -0.39 is 9.84 Å². The van der Waals surface area contributed by atoms with Gasteiger partial charge in [0.1, 0.15) is 16.5 Å². The molecule has 1 fully saturated rings. The Labute approximate surface area is 185 Å². The van der Waals surface area contributed by atoms with Crippen molar-refractivity contribution in [3.8, 4) is 22.6 Å². The lowest BCUT2D eigenvalue weighted by Crippen LogP contribution is -2.47. The van der Waals surface area contributed by atoms with E-state index in [2.05, 4.69) is 14.9 Å². The fourth-order valence-electron chi connectivity index (χ4n) is 3.93. The lowest BCUT2D eigenvalue weighted by atomic mass is 10.0. The molecule has 0 radical (unpaired) electrons. The lowest BCUT2D eigenvalue weighted by Gasteiger charge is -2.36. The number of hydrogen-bond acceptors (Lipinski definition) is 8. The Morgan fingerprint density at radius 3 is 2.31 bits per heavy atom. The van der Waals surface area contributed by atoms with Crippen molar-refractivity contribution >= 4 is 21.5 Å². The van der Waals surface area contributed by atoms with Crippen molar-refractivity contribution in [3.63, 3.8) is 0 Å². The van der Waals surface area contributed by atoms with Crippen molar-refractivity contribution in [3.05, 3.63) is 54.6 Å². The lowest BCUT2D eigenvalue weighted by molar-refractivity contribution is 0.390. The number of nitrogens with zero attached hydrogens (tertiary/aromatic N) is 4. The van der Waals surface area contributed by atoms with E-state index in [0.29, 0.717) is 60.4 Å². The highest BCUT2D eigenvalue weighted by Crippen LogP contribution is 2.36. The topological polar surface area (TPSA) is 84.9 Å². The molecule has 5 rings (SSSR count). The first-order valence-corrected chi connectivity index (χ1v) is 11.8. The molecule has 1 saturated heterocycles. The van der Waals surface area contributed by atoms with Gasteiger partial charge in [0.25, 0.3) is 0 Å². The molecule has 32 heavy (non-hydrogen) atoms. The standard InChI is InChI=1S/C22H21FN4O4S/c1-30-17-12-24-22(25-13-17)27-8-6-26(7-9-27)19-4-2-15(10-18(19)23)16-3-5-21-20(11-16)31-14-32(21,28)29/h2-5,10-13H,6-9,14H2,1H3. The summed E-state index contributed by atoms with van der Waals surface area (Å²) in [6.07, 6.45) is 3.26. The molecule has 0 saturated carbocycles. The van der Waals surface area contributed by atoms with E-state index >= 15 is 0 Å². The number of anilines is 2. The molecule has 0 amide bonds. The second kappa shape index (κ2) is 7.94. The van der Waals surface area contributed by atoms with E-state index in [1.54, 1.807) is 37.7 Å². The summed E-state index contributed by atoms with van der Waals surface area (Å²) in [5.41, 5.74) is 1.89. The van der Waals surface area contributed by atoms with E-state index in [9.17, 15) is 12.8 Å². The van der Waals surface area contributed by atoms with E-state index in [1.807, 2.05) is 11.0 Å². The van der Waals surface area contributed by atoms with Crippen LogP contribution < -0.4 is 19.3 Å². The van der Waals surface area contributed by atoms with Crippen LogP contribution in [0.4, 0.5) is 16.0 Å². The SMILES string of the molecule is COc1cnc(N2CCN(c3ccc(-c4ccc5c(c4)OCS5(=O)=O)cc3F)CC2)nc1. The molecule has 0 spiro atoms. The number of benzene rings is 2. The van der Waals surface area contributed by atoms with Gasteiger partial charge in [-0.3, -0.25) is 0 Å². The van der Waals surface area contributed by atoms with Crippen molar-refractivity contribution in [2.45, 2.75) is 4.90 Å². The molecule has 0 N–H and O–H groups in total. The minimum atomic E-state index is -3.38. The molecule has 3 heterocycles. The van der Waals surface area contributed by atoms with Gasteiger partial charge in [0.2, 0.25) is 15.8 Å². The summed E-state index contributed by atoms with van der Waals surface area (Å²) < 4.78 is 49.2. The minimum Gasteiger partial charge on any atom is -0.494 e. The van der Waals surface area contributed by atoms with Crippen LogP contribution in [0.15, 0.2) is 53.7 Å². The van der Waals surface area contributed by atoms with Gasteiger partial charge in [0.05, 0.1) is 25.2 Å². The predicted octanol–water partition coefficient (Wildman–Crippen LogP) is 2.74. The molecule has 8 nitrogen and oxygen atoms in total. The maximum Gasteiger partial charge on any atom is 0.225 e. The molecule has 0 unspecified atom stereocenters. The zero-order chi connectivity index (χ0) is 22.3. The first-order chi connectivity index (χ1) is 15.4. The number of methoxy groups -OCH3 is 1. The number of hydrogen-bond donors (Lipinski definition) is 0. The van der Waals surface area contributed by atoms with Crippen LogP contribution in [0.5, 0.6) is 11.5 Å². The van der Waals surface area contributed by atoms with Crippen molar-refractivity contribution in [1.82, 2.24) is 9.97 Å². The smallest absolute Gasteiger partial charge is 0.225 e. The molecule has 3 aromatic rings. The monoisotopic (exact) mass is 456 g/mol. The highest BCUT2D eigenvalue weighted by atomic mass is 32.2. The van der Waals surface area contributed by atoms with E-state index in [1.165, 1.54) is 12.1 Å². The van der Waals surface area contributed by atoms with Crippen LogP contribution in [0.1, 0.15) is 0 Å². The molecule has 0 bridgehead atoms. The molecular formula is C22H21FN4O4S. The van der Waals surface area contributed by atoms with Crippen molar-refractivity contribution in [1.29, 1.82) is 0 Å². The maximum atomic E-state index is 15.0. The molecule has 0 atom stereocenters. The van der Waals surface area contributed by atoms with Crippen LogP contribution in [0, 0.1) is 5.82 Å². The zero-order valence-electron chi connectivity index (χ0n) is 17.4. The number of fused-ring (bicyclic) bond motifs is 1. The number of halogens is 1. The number of ether oxygens (including phenoxy) is 2. The van der Waals surface area contributed by atoms with Crippen LogP contribution in [0.3, 0.4) is 0 Å². The Morgan fingerprint density at radius 2 is 1.62 bits per heavy atom. The average Bonchev–Trinajstić information content (AvgIpc) is 3.13. The summed E-state index contributed by atoms with van der Waals surface area (Å²) in [5.74, 6) is 0.856. The number of piperazine rings is 1. The fraction of sp³-hybridized carbons (Fsp3) is 0.273. The second-order valence-electron chi connectivity index (χ2n) is 7.60. The minimum absolute atomic E-state index is 0.178. The normalized spacial score (nSPS) is 17.1. The molecule has 0 aliphatic carbocycles. The third-order valence-electron chi connectivity index (χ3n) is 5.68. The van der Waals surface area contributed by atoms with Gasteiger partial charge in [-0.05, 0) is 35.4 Å². The van der Waals surface area contributed by atoms with Gasteiger partial charge in [0, 0.05) is 26.2 Å². The fourth-order valence-corrected chi connectivity index (χ4v) is 5.04. The van der Waals surface area contributed by atoms with Gasteiger partial charge in [0.15, 0.2) is 11.7 Å². The summed E-state index contributed by atoms with van der Waals surface area (Å²) >= 11 is 0. The van der Waals surface area contributed by atoms with Crippen LogP contribution in [-0.4, -0.2) is 57.6 Å². The average molecular weight is 456 g/mol. The van der Waals surface area contributed by atoms with Gasteiger partial charge >= 0.3 is 0 Å². The summed E-state index contributed by atoms with van der Waals surface area (Å²) in [4.78, 5) is 12.9. The highest BCUT2D eigenvalue weighted by Gasteiger charge is 2.28. The summed E-state index contributed by atoms with van der Waals surface area (Å²) in [6, 6.07) is 9.89. The third-order valence-corrected chi connectivity index (χ3v) is 7.12. The number of aromatic nitrogens is 2. The largest absolute Gasteiger partial charge is 0.494 e. The van der Waals surface area contributed by atoms with Crippen molar-refractivity contribution < 1.29 is 22.3 Å². The molecular weight excluding hydrogens is 435 g/mol. The Bertz CT molecular complexity index is 1260. The number of sulfone groups is 1. The van der Waals surface area contributed by atoms with Gasteiger partial charge < -0.3 is 19.3 Å². The Morgan fingerprint density at radius 1 is 0.969 bits per heavy atom. The highest BCUT2D eigenvalue weighted by molar-refractivity contribution is 7.91. The van der Waals surface area contributed by atoms with Crippen LogP contribution >= 0.6 is 0 Å². The molecule has 2 aliphatic heterocycles. The quantitative estimate of drug-likeness (QED) is 0.593. The third kappa shape index (κ3) is 3.70. The molecule has 2 aliphatic rings.